The largest absolute Gasteiger partial charge is 0.0971 e. The smallest absolute Gasteiger partial charge is 0.00259 e. The minimum atomic E-state index is -0.859. The van der Waals surface area contributed by atoms with E-state index in [2.05, 4.69) is 19.7 Å². The van der Waals surface area contributed by atoms with Crippen LogP contribution in [-0.2, 0) is 11.8 Å². The number of hydrogen-bond acceptors (Lipinski definition) is 1. The highest BCUT2D eigenvalue weighted by Gasteiger charge is 2.14. The van der Waals surface area contributed by atoms with Crippen LogP contribution in [0.15, 0.2) is 11.6 Å². The van der Waals surface area contributed by atoms with E-state index in [9.17, 15) is 0 Å². The van der Waals surface area contributed by atoms with Gasteiger partial charge in [-0.05, 0) is 32.0 Å². The van der Waals surface area contributed by atoms with Gasteiger partial charge in [0.15, 0.2) is 0 Å². The summed E-state index contributed by atoms with van der Waals surface area (Å²) in [4.78, 5) is 0. The Morgan fingerprint density at radius 2 is 2.38 bits per heavy atom. The molecule has 1 heterocycles. The maximum Gasteiger partial charge on any atom is -0.00259 e. The SMILES string of the molecule is CC1=CCP(C)(=S)C1. The molecule has 0 aliphatic carbocycles. The Hall–Kier alpha value is 0.390. The maximum atomic E-state index is 5.34. The molecule has 0 fully saturated rings. The molecule has 0 aromatic heterocycles. The van der Waals surface area contributed by atoms with E-state index in [4.69, 9.17) is 11.8 Å². The van der Waals surface area contributed by atoms with Crippen LogP contribution in [0.5, 0.6) is 0 Å². The van der Waals surface area contributed by atoms with Gasteiger partial charge in [0.2, 0.25) is 0 Å². The van der Waals surface area contributed by atoms with E-state index in [1.165, 1.54) is 17.9 Å². The fourth-order valence-corrected chi connectivity index (χ4v) is 3.85. The molecule has 0 aromatic carbocycles. The Balaban J connectivity index is 2.69. The van der Waals surface area contributed by atoms with Crippen molar-refractivity contribution in [1.82, 2.24) is 0 Å². The Labute approximate surface area is 56.0 Å². The van der Waals surface area contributed by atoms with E-state index in [0.29, 0.717) is 0 Å². The first-order chi connectivity index (χ1) is 3.60. The highest BCUT2D eigenvalue weighted by molar-refractivity contribution is 8.14. The van der Waals surface area contributed by atoms with Gasteiger partial charge in [-0.1, -0.05) is 23.5 Å². The summed E-state index contributed by atoms with van der Waals surface area (Å²) in [6, 6.07) is -0.859. The zero-order valence-electron chi connectivity index (χ0n) is 5.35. The molecule has 0 nitrogen and oxygen atoms in total. The van der Waals surface area contributed by atoms with Gasteiger partial charge in [0, 0.05) is 0 Å². The fourth-order valence-electron chi connectivity index (χ4n) is 1.01. The van der Waals surface area contributed by atoms with E-state index in [-0.39, 0.29) is 0 Å². The van der Waals surface area contributed by atoms with Gasteiger partial charge in [-0.3, -0.25) is 0 Å². The van der Waals surface area contributed by atoms with Crippen molar-refractivity contribution in [3.63, 3.8) is 0 Å². The quantitative estimate of drug-likeness (QED) is 0.372. The molecule has 46 valence electrons. The molecular weight excluding hydrogens is 135 g/mol. The first kappa shape index (κ1) is 6.51. The third-order valence-corrected chi connectivity index (χ3v) is 4.37. The van der Waals surface area contributed by atoms with Crippen LogP contribution in [-0.4, -0.2) is 19.0 Å². The second kappa shape index (κ2) is 1.97. The van der Waals surface area contributed by atoms with E-state index >= 15 is 0 Å². The number of allylic oxidation sites excluding steroid dienone is 2. The third-order valence-electron chi connectivity index (χ3n) is 1.41. The molecule has 1 atom stereocenters. The minimum Gasteiger partial charge on any atom is -0.0971 e. The van der Waals surface area contributed by atoms with E-state index in [0.717, 1.165) is 0 Å². The molecule has 0 spiro atoms. The van der Waals surface area contributed by atoms with Crippen LogP contribution >= 0.6 is 6.04 Å². The Bertz CT molecular complexity index is 169. The standard InChI is InChI=1S/C6H11PS/c1-6-3-4-7(2,8)5-6/h3H,4-5H2,1-2H3. The van der Waals surface area contributed by atoms with Crippen molar-refractivity contribution in [2.45, 2.75) is 6.92 Å². The highest BCUT2D eigenvalue weighted by Crippen LogP contribution is 2.47. The molecule has 0 radical (unpaired) electrons. The lowest BCUT2D eigenvalue weighted by Gasteiger charge is -2.04. The third kappa shape index (κ3) is 1.43. The van der Waals surface area contributed by atoms with Crippen molar-refractivity contribution in [1.29, 1.82) is 0 Å². The van der Waals surface area contributed by atoms with Gasteiger partial charge in [-0.2, -0.15) is 0 Å². The average molecular weight is 146 g/mol. The van der Waals surface area contributed by atoms with Crippen LogP contribution in [0.4, 0.5) is 0 Å². The molecule has 0 bridgehead atoms. The summed E-state index contributed by atoms with van der Waals surface area (Å²) in [6.07, 6.45) is 4.72. The molecule has 2 heteroatoms. The summed E-state index contributed by atoms with van der Waals surface area (Å²) in [6.45, 7) is 4.42. The normalized spacial score (nSPS) is 37.5. The first-order valence-corrected chi connectivity index (χ1v) is 6.43. The van der Waals surface area contributed by atoms with Gasteiger partial charge in [0.05, 0.1) is 0 Å². The summed E-state index contributed by atoms with van der Waals surface area (Å²) in [5, 5.41) is 0. The van der Waals surface area contributed by atoms with Crippen LogP contribution in [0.1, 0.15) is 6.92 Å². The molecule has 0 saturated carbocycles. The van der Waals surface area contributed by atoms with Crippen molar-refractivity contribution < 1.29 is 0 Å². The minimum absolute atomic E-state index is 0.859. The maximum absolute atomic E-state index is 5.34. The predicted molar refractivity (Wildman–Crippen MR) is 43.7 cm³/mol. The Morgan fingerprint density at radius 1 is 1.75 bits per heavy atom. The van der Waals surface area contributed by atoms with Gasteiger partial charge in [0.1, 0.15) is 0 Å². The zero-order valence-corrected chi connectivity index (χ0v) is 7.06. The Kier molecular flexibility index (Phi) is 1.60. The monoisotopic (exact) mass is 146 g/mol. The molecule has 1 aliphatic rings. The highest BCUT2D eigenvalue weighted by atomic mass is 32.4. The molecule has 0 amide bonds. The number of rotatable bonds is 0. The molecule has 1 rings (SSSR count). The zero-order chi connectivity index (χ0) is 6.20. The lowest BCUT2D eigenvalue weighted by molar-refractivity contribution is 1.42. The summed E-state index contributed by atoms with van der Waals surface area (Å²) in [5.41, 5.74) is 1.51. The summed E-state index contributed by atoms with van der Waals surface area (Å²) < 4.78 is 0. The second-order valence-electron chi connectivity index (χ2n) is 2.69. The Morgan fingerprint density at radius 3 is 2.50 bits per heavy atom. The van der Waals surface area contributed by atoms with E-state index < -0.39 is 6.04 Å². The molecule has 0 saturated heterocycles. The van der Waals surface area contributed by atoms with Crippen LogP contribution in [0.25, 0.3) is 0 Å². The van der Waals surface area contributed by atoms with Gasteiger partial charge in [-0.15, -0.1) is 0 Å². The van der Waals surface area contributed by atoms with Crippen molar-refractivity contribution in [2.24, 2.45) is 0 Å². The lowest BCUT2D eigenvalue weighted by atomic mass is 10.3. The fraction of sp³-hybridized carbons (Fsp3) is 0.667. The predicted octanol–water partition coefficient (Wildman–Crippen LogP) is 2.06. The molecule has 1 aliphatic heterocycles. The van der Waals surface area contributed by atoms with Gasteiger partial charge in [-0.25, -0.2) is 0 Å². The molecule has 0 aromatic rings. The van der Waals surface area contributed by atoms with Crippen molar-refractivity contribution in [3.8, 4) is 0 Å². The average Bonchev–Trinajstić information content (AvgIpc) is 1.82. The van der Waals surface area contributed by atoms with Crippen LogP contribution in [0, 0.1) is 0 Å². The lowest BCUT2D eigenvalue weighted by Crippen LogP contribution is -1.80. The van der Waals surface area contributed by atoms with Gasteiger partial charge >= 0.3 is 0 Å². The number of hydrogen-bond donors (Lipinski definition) is 0. The second-order valence-corrected chi connectivity index (χ2v) is 8.61. The van der Waals surface area contributed by atoms with Crippen LogP contribution in [0.2, 0.25) is 0 Å². The van der Waals surface area contributed by atoms with Crippen LogP contribution < -0.4 is 0 Å². The summed E-state index contributed by atoms with van der Waals surface area (Å²) in [5.74, 6) is 0. The summed E-state index contributed by atoms with van der Waals surface area (Å²) >= 11 is 5.34. The van der Waals surface area contributed by atoms with Crippen LogP contribution in [0.3, 0.4) is 0 Å². The van der Waals surface area contributed by atoms with E-state index in [1.54, 1.807) is 0 Å². The van der Waals surface area contributed by atoms with Gasteiger partial charge < -0.3 is 0 Å². The topological polar surface area (TPSA) is 0 Å². The van der Waals surface area contributed by atoms with Gasteiger partial charge in [0.25, 0.3) is 0 Å². The van der Waals surface area contributed by atoms with E-state index in [1.807, 2.05) is 0 Å². The van der Waals surface area contributed by atoms with Crippen molar-refractivity contribution in [2.75, 3.05) is 19.0 Å². The molecule has 0 N–H and O–H groups in total. The molecule has 8 heavy (non-hydrogen) atoms. The molecular formula is C6H11PS. The summed E-state index contributed by atoms with van der Waals surface area (Å²) in [7, 11) is 0. The molecule has 1 unspecified atom stereocenters. The first-order valence-electron chi connectivity index (χ1n) is 2.81. The van der Waals surface area contributed by atoms with Crippen molar-refractivity contribution in [3.05, 3.63) is 11.6 Å². The van der Waals surface area contributed by atoms with Crippen molar-refractivity contribution >= 4 is 17.8 Å².